The zero-order valence-corrected chi connectivity index (χ0v) is 12.5. The van der Waals surface area contributed by atoms with Gasteiger partial charge in [0.1, 0.15) is 5.54 Å². The van der Waals surface area contributed by atoms with Crippen LogP contribution in [0.1, 0.15) is 41.6 Å². The largest absolute Gasteiger partial charge is 0.368 e. The van der Waals surface area contributed by atoms with Crippen molar-refractivity contribution >= 4 is 23.4 Å². The Hall–Kier alpha value is -1.55. The molecule has 2 N–H and O–H groups in total. The molecule has 0 spiro atoms. The van der Waals surface area contributed by atoms with E-state index in [-0.39, 0.29) is 5.91 Å². The van der Waals surface area contributed by atoms with Gasteiger partial charge in [-0.25, -0.2) is 0 Å². The number of carbonyl (C=O) groups is 2. The van der Waals surface area contributed by atoms with Gasteiger partial charge in [0.15, 0.2) is 0 Å². The Morgan fingerprint density at radius 2 is 1.90 bits per heavy atom. The Kier molecular flexibility index (Phi) is 4.04. The Bertz CT molecular complexity index is 551. The lowest BCUT2D eigenvalue weighted by molar-refractivity contribution is -0.127. The molecule has 0 unspecified atom stereocenters. The summed E-state index contributed by atoms with van der Waals surface area (Å²) in [4.78, 5) is 26.0. The summed E-state index contributed by atoms with van der Waals surface area (Å²) >= 11 is 6.20. The number of nitrogens with two attached hydrogens (primary N) is 1. The second-order valence-electron chi connectivity index (χ2n) is 5.40. The van der Waals surface area contributed by atoms with Gasteiger partial charge in [0.25, 0.3) is 5.91 Å². The third-order valence-electron chi connectivity index (χ3n) is 4.26. The zero-order valence-electron chi connectivity index (χ0n) is 11.8. The quantitative estimate of drug-likeness (QED) is 0.931. The lowest BCUT2D eigenvalue weighted by Crippen LogP contribution is -2.56. The SMILES string of the molecule is Cc1cccc(C(=O)N(C)C2(C(N)=O)CCCC2)c1Cl. The van der Waals surface area contributed by atoms with E-state index in [1.807, 2.05) is 13.0 Å². The van der Waals surface area contributed by atoms with Gasteiger partial charge >= 0.3 is 0 Å². The minimum absolute atomic E-state index is 0.251. The number of halogens is 1. The third-order valence-corrected chi connectivity index (χ3v) is 4.76. The van der Waals surface area contributed by atoms with Crippen LogP contribution in [0.2, 0.25) is 5.02 Å². The highest BCUT2D eigenvalue weighted by molar-refractivity contribution is 6.34. The molecule has 108 valence electrons. The van der Waals surface area contributed by atoms with Crippen molar-refractivity contribution in [1.29, 1.82) is 0 Å². The molecule has 0 radical (unpaired) electrons. The van der Waals surface area contributed by atoms with Gasteiger partial charge in [0, 0.05) is 7.05 Å². The van der Waals surface area contributed by atoms with Gasteiger partial charge in [-0.05, 0) is 31.4 Å². The topological polar surface area (TPSA) is 63.4 Å². The maximum Gasteiger partial charge on any atom is 0.256 e. The normalized spacial score (nSPS) is 16.9. The van der Waals surface area contributed by atoms with Crippen molar-refractivity contribution < 1.29 is 9.59 Å². The Labute approximate surface area is 123 Å². The minimum atomic E-state index is -0.871. The number of carbonyl (C=O) groups excluding carboxylic acids is 2. The van der Waals surface area contributed by atoms with E-state index < -0.39 is 11.4 Å². The van der Waals surface area contributed by atoms with Gasteiger partial charge in [-0.2, -0.15) is 0 Å². The van der Waals surface area contributed by atoms with E-state index >= 15 is 0 Å². The molecular formula is C15H19ClN2O2. The molecule has 1 aliphatic rings. The van der Waals surface area contributed by atoms with Gasteiger partial charge < -0.3 is 10.6 Å². The molecule has 1 aliphatic carbocycles. The van der Waals surface area contributed by atoms with Crippen LogP contribution < -0.4 is 5.73 Å². The van der Waals surface area contributed by atoms with Gasteiger partial charge in [0.05, 0.1) is 10.6 Å². The summed E-state index contributed by atoms with van der Waals surface area (Å²) in [5.74, 6) is -0.686. The molecule has 20 heavy (non-hydrogen) atoms. The van der Waals surface area contributed by atoms with Gasteiger partial charge in [0.2, 0.25) is 5.91 Å². The summed E-state index contributed by atoms with van der Waals surface area (Å²) in [6.07, 6.45) is 3.05. The van der Waals surface area contributed by atoms with Crippen molar-refractivity contribution in [3.63, 3.8) is 0 Å². The maximum absolute atomic E-state index is 12.6. The predicted molar refractivity (Wildman–Crippen MR) is 78.7 cm³/mol. The molecule has 1 aromatic rings. The summed E-state index contributed by atoms with van der Waals surface area (Å²) in [6.45, 7) is 1.85. The van der Waals surface area contributed by atoms with Gasteiger partial charge in [-0.3, -0.25) is 9.59 Å². The molecule has 1 saturated carbocycles. The number of hydrogen-bond donors (Lipinski definition) is 1. The van der Waals surface area contributed by atoms with Crippen molar-refractivity contribution in [3.05, 3.63) is 34.3 Å². The molecule has 0 atom stereocenters. The first-order valence-corrected chi connectivity index (χ1v) is 7.11. The zero-order chi connectivity index (χ0) is 14.9. The van der Waals surface area contributed by atoms with E-state index in [0.717, 1.165) is 18.4 Å². The summed E-state index contributed by atoms with van der Waals surface area (Å²) in [5, 5.41) is 0.432. The summed E-state index contributed by atoms with van der Waals surface area (Å²) < 4.78 is 0. The van der Waals surface area contributed by atoms with E-state index in [9.17, 15) is 9.59 Å². The highest BCUT2D eigenvalue weighted by Crippen LogP contribution is 2.36. The molecule has 0 aromatic heterocycles. The summed E-state index contributed by atoms with van der Waals surface area (Å²) in [6, 6.07) is 5.31. The van der Waals surface area contributed by atoms with Crippen LogP contribution in [0.4, 0.5) is 0 Å². The fourth-order valence-electron chi connectivity index (χ4n) is 2.89. The van der Waals surface area contributed by atoms with Crippen molar-refractivity contribution in [1.82, 2.24) is 4.90 Å². The number of likely N-dealkylation sites (N-methyl/N-ethyl adjacent to an activating group) is 1. The van der Waals surface area contributed by atoms with Crippen LogP contribution in [0.3, 0.4) is 0 Å². The molecule has 0 bridgehead atoms. The van der Waals surface area contributed by atoms with E-state index in [1.54, 1.807) is 19.2 Å². The third kappa shape index (κ3) is 2.29. The predicted octanol–water partition coefficient (Wildman–Crippen LogP) is 2.52. The van der Waals surface area contributed by atoms with Crippen molar-refractivity contribution in [3.8, 4) is 0 Å². The number of amides is 2. The average molecular weight is 295 g/mol. The van der Waals surface area contributed by atoms with Crippen molar-refractivity contribution in [2.75, 3.05) is 7.05 Å². The highest BCUT2D eigenvalue weighted by Gasteiger charge is 2.45. The minimum Gasteiger partial charge on any atom is -0.368 e. The van der Waals surface area contributed by atoms with Crippen LogP contribution in [0.25, 0.3) is 0 Å². The molecule has 2 amide bonds. The second-order valence-corrected chi connectivity index (χ2v) is 5.78. The molecule has 2 rings (SSSR count). The van der Waals surface area contributed by atoms with E-state index in [2.05, 4.69) is 0 Å². The van der Waals surface area contributed by atoms with Crippen LogP contribution >= 0.6 is 11.6 Å². The number of rotatable bonds is 3. The molecule has 0 aliphatic heterocycles. The van der Waals surface area contributed by atoms with Crippen LogP contribution in [-0.4, -0.2) is 29.3 Å². The van der Waals surface area contributed by atoms with E-state index in [4.69, 9.17) is 17.3 Å². The fourth-order valence-corrected chi connectivity index (χ4v) is 3.10. The average Bonchev–Trinajstić information content (AvgIpc) is 2.91. The number of aryl methyl sites for hydroxylation is 1. The maximum atomic E-state index is 12.6. The Morgan fingerprint density at radius 1 is 1.30 bits per heavy atom. The number of nitrogens with zero attached hydrogens (tertiary/aromatic N) is 1. The smallest absolute Gasteiger partial charge is 0.256 e. The van der Waals surface area contributed by atoms with Crippen LogP contribution in [-0.2, 0) is 4.79 Å². The molecule has 4 nitrogen and oxygen atoms in total. The first kappa shape index (κ1) is 14.9. The number of primary amides is 1. The molecular weight excluding hydrogens is 276 g/mol. The van der Waals surface area contributed by atoms with Crippen LogP contribution in [0, 0.1) is 6.92 Å². The fraction of sp³-hybridized carbons (Fsp3) is 0.467. The number of benzene rings is 1. The number of hydrogen-bond acceptors (Lipinski definition) is 2. The van der Waals surface area contributed by atoms with Crippen molar-refractivity contribution in [2.45, 2.75) is 38.1 Å². The Morgan fingerprint density at radius 3 is 2.45 bits per heavy atom. The van der Waals surface area contributed by atoms with Crippen LogP contribution in [0.15, 0.2) is 18.2 Å². The van der Waals surface area contributed by atoms with Gasteiger partial charge in [-0.15, -0.1) is 0 Å². The van der Waals surface area contributed by atoms with E-state index in [0.29, 0.717) is 23.4 Å². The molecule has 1 aromatic carbocycles. The molecule has 0 heterocycles. The molecule has 5 heteroatoms. The molecule has 0 saturated heterocycles. The van der Waals surface area contributed by atoms with E-state index in [1.165, 1.54) is 4.90 Å². The lowest BCUT2D eigenvalue weighted by Gasteiger charge is -2.36. The first-order chi connectivity index (χ1) is 9.40. The summed E-state index contributed by atoms with van der Waals surface area (Å²) in [7, 11) is 1.64. The summed E-state index contributed by atoms with van der Waals surface area (Å²) in [5.41, 5.74) is 5.94. The van der Waals surface area contributed by atoms with Crippen LogP contribution in [0.5, 0.6) is 0 Å². The monoisotopic (exact) mass is 294 g/mol. The second kappa shape index (κ2) is 5.44. The standard InChI is InChI=1S/C15H19ClN2O2/c1-10-6-5-7-11(12(10)16)13(19)18(2)15(14(17)20)8-3-4-9-15/h5-7H,3-4,8-9H2,1-2H3,(H2,17,20). The Balaban J connectivity index is 2.37. The lowest BCUT2D eigenvalue weighted by atomic mass is 9.93. The van der Waals surface area contributed by atoms with Gasteiger partial charge in [-0.1, -0.05) is 36.6 Å². The highest BCUT2D eigenvalue weighted by atomic mass is 35.5. The first-order valence-electron chi connectivity index (χ1n) is 6.73. The molecule has 1 fully saturated rings. The van der Waals surface area contributed by atoms with Crippen molar-refractivity contribution in [2.24, 2.45) is 5.73 Å².